The average molecular weight is 442 g/mol. The predicted molar refractivity (Wildman–Crippen MR) is 127 cm³/mol. The van der Waals surface area contributed by atoms with Crippen LogP contribution >= 0.6 is 11.8 Å². The number of nitrogens with zero attached hydrogens (tertiary/aromatic N) is 5. The lowest BCUT2D eigenvalue weighted by Gasteiger charge is -2.33. The Balaban J connectivity index is 1.50. The van der Waals surface area contributed by atoms with Gasteiger partial charge in [-0.1, -0.05) is 18.2 Å². The van der Waals surface area contributed by atoms with Gasteiger partial charge >= 0.3 is 0 Å². The fourth-order valence-electron chi connectivity index (χ4n) is 3.17. The Hall–Kier alpha value is -2.81. The number of carbonyl (C=O) groups is 1. The van der Waals surface area contributed by atoms with Crippen LogP contribution in [-0.4, -0.2) is 78.8 Å². The minimum Gasteiger partial charge on any atom is -0.356 e. The summed E-state index contributed by atoms with van der Waals surface area (Å²) >= 11 is 1.79. The van der Waals surface area contributed by atoms with E-state index in [2.05, 4.69) is 42.6 Å². The summed E-state index contributed by atoms with van der Waals surface area (Å²) in [6.07, 6.45) is 5.46. The van der Waals surface area contributed by atoms with Gasteiger partial charge in [0.25, 0.3) is 0 Å². The quantitative estimate of drug-likeness (QED) is 0.280. The Morgan fingerprint density at radius 2 is 1.87 bits per heavy atom. The van der Waals surface area contributed by atoms with Crippen molar-refractivity contribution in [2.24, 2.45) is 4.99 Å². The molecule has 1 aliphatic heterocycles. The van der Waals surface area contributed by atoms with Crippen LogP contribution in [-0.2, 0) is 4.79 Å². The van der Waals surface area contributed by atoms with Crippen LogP contribution in [0.2, 0.25) is 0 Å². The van der Waals surface area contributed by atoms with E-state index in [1.807, 2.05) is 24.3 Å². The highest BCUT2D eigenvalue weighted by Crippen LogP contribution is 2.16. The molecule has 1 amide bonds. The first-order valence-electron chi connectivity index (χ1n) is 10.6. The highest BCUT2D eigenvalue weighted by Gasteiger charge is 2.21. The van der Waals surface area contributed by atoms with Crippen molar-refractivity contribution < 1.29 is 4.79 Å². The topological polar surface area (TPSA) is 85.8 Å². The smallest absolute Gasteiger partial charge is 0.243 e. The molecule has 31 heavy (non-hydrogen) atoms. The maximum absolute atomic E-state index is 12.0. The molecule has 2 aromatic rings. The number of nitrogens with one attached hydrogen (secondary N) is 2. The predicted octanol–water partition coefficient (Wildman–Crippen LogP) is 1.86. The Morgan fingerprint density at radius 1 is 1.16 bits per heavy atom. The minimum atomic E-state index is -0.0178. The molecule has 0 radical (unpaired) electrons. The fourth-order valence-corrected chi connectivity index (χ4v) is 3.96. The van der Waals surface area contributed by atoms with Crippen LogP contribution in [0.5, 0.6) is 0 Å². The third-order valence-electron chi connectivity index (χ3n) is 4.95. The molecule has 2 N–H and O–H groups in total. The van der Waals surface area contributed by atoms with Crippen LogP contribution < -0.4 is 15.5 Å². The summed E-state index contributed by atoms with van der Waals surface area (Å²) in [4.78, 5) is 30.2. The lowest BCUT2D eigenvalue weighted by atomic mass is 10.1. The van der Waals surface area contributed by atoms with Gasteiger partial charge in [0, 0.05) is 62.8 Å². The monoisotopic (exact) mass is 441 g/mol. The summed E-state index contributed by atoms with van der Waals surface area (Å²) in [5.41, 5.74) is 0. The lowest BCUT2D eigenvalue weighted by Crippen LogP contribution is -2.49. The highest BCUT2D eigenvalue weighted by molar-refractivity contribution is 7.99. The number of carbonyl (C=O) groups excluding carboxylic acids is 1. The number of anilines is 1. The van der Waals surface area contributed by atoms with Crippen LogP contribution in [0.25, 0.3) is 0 Å². The zero-order valence-corrected chi connectivity index (χ0v) is 19.0. The number of rotatable bonds is 8. The molecule has 1 saturated heterocycles. The number of guanidine groups is 1. The van der Waals surface area contributed by atoms with Crippen LogP contribution in [0, 0.1) is 0 Å². The molecule has 0 saturated carbocycles. The second-order valence-corrected chi connectivity index (χ2v) is 8.66. The first kappa shape index (κ1) is 22.9. The Kier molecular flexibility index (Phi) is 8.96. The third-order valence-corrected chi connectivity index (χ3v) is 5.96. The standard InChI is InChI=1S/C22H31N7OS/c1-28(2)20(30)17-26-21(23-13-16-31-19-7-4-3-5-8-19)27-18-9-14-29(15-10-18)22-24-11-6-12-25-22/h3-8,11-12,18H,9-10,13-17H2,1-2H3,(H2,23,26,27). The van der Waals surface area contributed by atoms with Crippen molar-refractivity contribution >= 4 is 29.6 Å². The van der Waals surface area contributed by atoms with E-state index in [0.717, 1.165) is 44.2 Å². The largest absolute Gasteiger partial charge is 0.356 e. The first-order chi connectivity index (χ1) is 15.1. The molecule has 0 unspecified atom stereocenters. The van der Waals surface area contributed by atoms with E-state index in [-0.39, 0.29) is 12.5 Å². The summed E-state index contributed by atoms with van der Waals surface area (Å²) < 4.78 is 0. The normalized spacial score (nSPS) is 14.9. The number of aliphatic imine (C=N–C) groups is 1. The second-order valence-electron chi connectivity index (χ2n) is 7.50. The molecule has 0 bridgehead atoms. The Labute approximate surface area is 188 Å². The first-order valence-corrected chi connectivity index (χ1v) is 11.5. The van der Waals surface area contributed by atoms with E-state index in [1.165, 1.54) is 4.90 Å². The van der Waals surface area contributed by atoms with Gasteiger partial charge in [0.15, 0.2) is 5.96 Å². The minimum absolute atomic E-state index is 0.0178. The molecule has 1 aromatic heterocycles. The van der Waals surface area contributed by atoms with Gasteiger partial charge in [-0.2, -0.15) is 0 Å². The van der Waals surface area contributed by atoms with Crippen molar-refractivity contribution in [3.63, 3.8) is 0 Å². The van der Waals surface area contributed by atoms with Crippen LogP contribution in [0.4, 0.5) is 5.95 Å². The number of piperidine rings is 1. The van der Waals surface area contributed by atoms with Crippen molar-refractivity contribution in [1.29, 1.82) is 0 Å². The van der Waals surface area contributed by atoms with E-state index in [9.17, 15) is 4.79 Å². The Bertz CT molecular complexity index is 824. The second kappa shape index (κ2) is 12.1. The van der Waals surface area contributed by atoms with E-state index < -0.39 is 0 Å². The summed E-state index contributed by atoms with van der Waals surface area (Å²) in [6.45, 7) is 2.66. The molecule has 1 aromatic carbocycles. The summed E-state index contributed by atoms with van der Waals surface area (Å²) in [5.74, 6) is 2.37. The number of hydrogen-bond donors (Lipinski definition) is 2. The van der Waals surface area contributed by atoms with Crippen molar-refractivity contribution in [2.45, 2.75) is 23.8 Å². The number of aromatic nitrogens is 2. The van der Waals surface area contributed by atoms with Gasteiger partial charge in [-0.15, -0.1) is 11.8 Å². The van der Waals surface area contributed by atoms with E-state index >= 15 is 0 Å². The number of thioether (sulfide) groups is 1. The molecule has 1 aliphatic rings. The van der Waals surface area contributed by atoms with Gasteiger partial charge in [-0.3, -0.25) is 4.79 Å². The summed E-state index contributed by atoms with van der Waals surface area (Å²) in [5, 5.41) is 6.90. The molecule has 3 rings (SSSR count). The van der Waals surface area contributed by atoms with Gasteiger partial charge in [0.2, 0.25) is 11.9 Å². The maximum atomic E-state index is 12.0. The summed E-state index contributed by atoms with van der Waals surface area (Å²) in [6, 6.07) is 12.5. The number of hydrogen-bond acceptors (Lipinski definition) is 6. The van der Waals surface area contributed by atoms with Crippen molar-refractivity contribution in [3.8, 4) is 0 Å². The van der Waals surface area contributed by atoms with Gasteiger partial charge < -0.3 is 20.4 Å². The molecule has 8 nitrogen and oxygen atoms in total. The fraction of sp³-hybridized carbons (Fsp3) is 0.455. The Morgan fingerprint density at radius 3 is 2.55 bits per heavy atom. The van der Waals surface area contributed by atoms with Gasteiger partial charge in [-0.25, -0.2) is 15.0 Å². The van der Waals surface area contributed by atoms with Crippen LogP contribution in [0.15, 0.2) is 58.7 Å². The van der Waals surface area contributed by atoms with Gasteiger partial charge in [0.05, 0.1) is 0 Å². The lowest BCUT2D eigenvalue weighted by molar-refractivity contribution is -0.127. The summed E-state index contributed by atoms with van der Waals surface area (Å²) in [7, 11) is 3.49. The van der Waals surface area contributed by atoms with Crippen LogP contribution in [0.1, 0.15) is 12.8 Å². The molecule has 0 aliphatic carbocycles. The van der Waals surface area contributed by atoms with Crippen molar-refractivity contribution in [1.82, 2.24) is 25.5 Å². The molecule has 1 fully saturated rings. The van der Waals surface area contributed by atoms with E-state index in [1.54, 1.807) is 43.2 Å². The molecule has 9 heteroatoms. The van der Waals surface area contributed by atoms with Gasteiger partial charge in [0.1, 0.15) is 6.54 Å². The zero-order chi connectivity index (χ0) is 21.9. The number of likely N-dealkylation sites (N-methyl/N-ethyl adjacent to an activating group) is 1. The van der Waals surface area contributed by atoms with E-state index in [0.29, 0.717) is 12.0 Å². The SMILES string of the molecule is CN(C)C(=O)CN=C(NCCSc1ccccc1)NC1CCN(c2ncccn2)CC1. The molecular formula is C22H31N7OS. The molecule has 166 valence electrons. The van der Waals surface area contributed by atoms with Gasteiger partial charge in [-0.05, 0) is 31.0 Å². The number of amides is 1. The molecule has 2 heterocycles. The molecule has 0 atom stereocenters. The van der Waals surface area contributed by atoms with Crippen LogP contribution in [0.3, 0.4) is 0 Å². The van der Waals surface area contributed by atoms with E-state index in [4.69, 9.17) is 0 Å². The third kappa shape index (κ3) is 7.75. The highest BCUT2D eigenvalue weighted by atomic mass is 32.2. The zero-order valence-electron chi connectivity index (χ0n) is 18.2. The van der Waals surface area contributed by atoms with Crippen molar-refractivity contribution in [2.75, 3.05) is 50.9 Å². The molecule has 0 spiro atoms. The number of benzene rings is 1. The van der Waals surface area contributed by atoms with Crippen molar-refractivity contribution in [3.05, 3.63) is 48.8 Å². The average Bonchev–Trinajstić information content (AvgIpc) is 2.81. The molecular weight excluding hydrogens is 410 g/mol. The maximum Gasteiger partial charge on any atom is 0.243 e.